The van der Waals surface area contributed by atoms with E-state index in [1.165, 1.54) is 27.8 Å². The average Bonchev–Trinajstić information content (AvgIpc) is 3.16. The molecule has 0 heterocycles. The number of benzene rings is 5. The van der Waals surface area contributed by atoms with Crippen LogP contribution in [0.1, 0.15) is 109 Å². The SMILES string of the molecule is CCCOc1c2cccc1Cc1cccc(c1OCCC)Cc1cc(/C=C/c3ccccc3)cc(c1OCCC)Cc1cccc(c1OCCC)C2. The van der Waals surface area contributed by atoms with Crippen LogP contribution in [-0.4, -0.2) is 26.4 Å². The monoisotopic (exact) mass is 694 g/mol. The molecule has 52 heavy (non-hydrogen) atoms. The van der Waals surface area contributed by atoms with Gasteiger partial charge in [0.05, 0.1) is 26.4 Å². The van der Waals surface area contributed by atoms with E-state index in [-0.39, 0.29) is 0 Å². The molecular weight excluding hydrogens is 641 g/mol. The highest BCUT2D eigenvalue weighted by Crippen LogP contribution is 2.39. The Labute approximate surface area is 311 Å². The topological polar surface area (TPSA) is 36.9 Å². The highest BCUT2D eigenvalue weighted by atomic mass is 16.5. The summed E-state index contributed by atoms with van der Waals surface area (Å²) < 4.78 is 26.6. The highest BCUT2D eigenvalue weighted by Gasteiger charge is 2.22. The van der Waals surface area contributed by atoms with E-state index in [1.54, 1.807) is 0 Å². The van der Waals surface area contributed by atoms with Gasteiger partial charge in [-0.1, -0.05) is 125 Å². The summed E-state index contributed by atoms with van der Waals surface area (Å²) in [7, 11) is 0. The molecule has 0 aromatic heterocycles. The lowest BCUT2D eigenvalue weighted by Gasteiger charge is -2.23. The van der Waals surface area contributed by atoms with Crippen LogP contribution in [0.15, 0.2) is 97.1 Å². The molecule has 270 valence electrons. The van der Waals surface area contributed by atoms with Crippen LogP contribution in [0.4, 0.5) is 0 Å². The maximum absolute atomic E-state index is 6.73. The van der Waals surface area contributed by atoms with Crippen LogP contribution in [0.5, 0.6) is 23.0 Å². The van der Waals surface area contributed by atoms with E-state index in [4.69, 9.17) is 18.9 Å². The van der Waals surface area contributed by atoms with E-state index < -0.39 is 0 Å². The lowest BCUT2D eigenvalue weighted by molar-refractivity contribution is 0.304. The Hall–Kier alpha value is -4.96. The minimum Gasteiger partial charge on any atom is -0.493 e. The van der Waals surface area contributed by atoms with Crippen molar-refractivity contribution in [1.82, 2.24) is 0 Å². The van der Waals surface area contributed by atoms with Gasteiger partial charge in [0.15, 0.2) is 0 Å². The van der Waals surface area contributed by atoms with Crippen molar-refractivity contribution in [3.63, 3.8) is 0 Å². The number of fused-ring (bicyclic) bond motifs is 8. The molecule has 6 rings (SSSR count). The van der Waals surface area contributed by atoms with Gasteiger partial charge in [0.1, 0.15) is 23.0 Å². The molecule has 0 unspecified atom stereocenters. The van der Waals surface area contributed by atoms with Crippen molar-refractivity contribution in [3.8, 4) is 23.0 Å². The average molecular weight is 695 g/mol. The molecule has 1 aliphatic carbocycles. The van der Waals surface area contributed by atoms with Crippen LogP contribution >= 0.6 is 0 Å². The number of ether oxygens (including phenoxy) is 4. The molecule has 0 spiro atoms. The Morgan fingerprint density at radius 2 is 0.673 bits per heavy atom. The van der Waals surface area contributed by atoms with Gasteiger partial charge in [0, 0.05) is 25.7 Å². The zero-order valence-corrected chi connectivity index (χ0v) is 31.5. The second kappa shape index (κ2) is 18.5. The highest BCUT2D eigenvalue weighted by molar-refractivity contribution is 5.71. The number of rotatable bonds is 14. The number of hydrogen-bond donors (Lipinski definition) is 0. The Morgan fingerprint density at radius 1 is 0.365 bits per heavy atom. The zero-order chi connectivity index (χ0) is 36.1. The van der Waals surface area contributed by atoms with E-state index in [9.17, 15) is 0 Å². The Kier molecular flexibility index (Phi) is 13.1. The predicted octanol–water partition coefficient (Wildman–Crippen LogP) is 11.7. The van der Waals surface area contributed by atoms with Crippen LogP contribution in [-0.2, 0) is 25.7 Å². The largest absolute Gasteiger partial charge is 0.493 e. The second-order valence-electron chi connectivity index (χ2n) is 13.7. The van der Waals surface area contributed by atoms with E-state index in [1.807, 2.05) is 0 Å². The normalized spacial score (nSPS) is 12.5. The summed E-state index contributed by atoms with van der Waals surface area (Å²) in [5.41, 5.74) is 11.6. The van der Waals surface area contributed by atoms with Gasteiger partial charge in [0.25, 0.3) is 0 Å². The Morgan fingerprint density at radius 3 is 1.02 bits per heavy atom. The fraction of sp³-hybridized carbons (Fsp3) is 0.333. The molecule has 0 fully saturated rings. The van der Waals surface area contributed by atoms with Crippen LogP contribution in [0, 0.1) is 0 Å². The minimum atomic E-state index is 0.646. The zero-order valence-electron chi connectivity index (χ0n) is 31.5. The molecule has 8 bridgehead atoms. The van der Waals surface area contributed by atoms with Crippen LogP contribution in [0.25, 0.3) is 12.2 Å². The maximum Gasteiger partial charge on any atom is 0.126 e. The van der Waals surface area contributed by atoms with Gasteiger partial charge in [-0.2, -0.15) is 0 Å². The van der Waals surface area contributed by atoms with Gasteiger partial charge in [-0.25, -0.2) is 0 Å². The van der Waals surface area contributed by atoms with Crippen molar-refractivity contribution in [1.29, 1.82) is 0 Å². The van der Waals surface area contributed by atoms with Crippen molar-refractivity contribution < 1.29 is 18.9 Å². The molecule has 0 amide bonds. The molecule has 4 heteroatoms. The molecule has 0 N–H and O–H groups in total. The summed E-state index contributed by atoms with van der Waals surface area (Å²) in [5.74, 6) is 3.88. The van der Waals surface area contributed by atoms with Crippen molar-refractivity contribution >= 4 is 12.2 Å². The molecule has 5 aromatic rings. The summed E-state index contributed by atoms with van der Waals surface area (Å²) in [5, 5.41) is 0. The lowest BCUT2D eigenvalue weighted by atomic mass is 9.90. The molecule has 0 aliphatic heterocycles. The summed E-state index contributed by atoms with van der Waals surface area (Å²) in [6.45, 7) is 11.3. The lowest BCUT2D eigenvalue weighted by Crippen LogP contribution is -2.10. The molecule has 1 aliphatic rings. The molecule has 4 nitrogen and oxygen atoms in total. The number of hydrogen-bond acceptors (Lipinski definition) is 4. The van der Waals surface area contributed by atoms with Crippen molar-refractivity contribution in [2.24, 2.45) is 0 Å². The standard InChI is InChI=1S/C48H54O4/c1-5-25-49-45-37-17-12-18-38(45)32-40-20-14-22-42(47(40)51-27-7-3)34-44-30-36(24-23-35-15-10-9-11-16-35)29-43(48(44)52-28-8-4)33-41-21-13-19-39(31-37)46(41)50-26-6-2/h9-24,29-30H,5-8,25-28,31-34H2,1-4H3/b24-23+. The van der Waals surface area contributed by atoms with Gasteiger partial charge >= 0.3 is 0 Å². The van der Waals surface area contributed by atoms with Crippen LogP contribution in [0.2, 0.25) is 0 Å². The first-order valence-corrected chi connectivity index (χ1v) is 19.3. The maximum atomic E-state index is 6.73. The number of para-hydroxylation sites is 3. The molecule has 0 saturated heterocycles. The second-order valence-corrected chi connectivity index (χ2v) is 13.7. The van der Waals surface area contributed by atoms with Gasteiger partial charge in [-0.15, -0.1) is 0 Å². The summed E-state index contributed by atoms with van der Waals surface area (Å²) >= 11 is 0. The Balaban J connectivity index is 1.60. The first-order chi connectivity index (χ1) is 25.6. The quantitative estimate of drug-likeness (QED) is 0.106. The van der Waals surface area contributed by atoms with E-state index >= 15 is 0 Å². The van der Waals surface area contributed by atoms with Gasteiger partial charge in [-0.05, 0) is 93.5 Å². The van der Waals surface area contributed by atoms with Gasteiger partial charge < -0.3 is 18.9 Å². The summed E-state index contributed by atoms with van der Waals surface area (Å²) in [4.78, 5) is 0. The first kappa shape index (κ1) is 36.8. The molecule has 0 atom stereocenters. The molecule has 0 saturated carbocycles. The minimum absolute atomic E-state index is 0.646. The third-order valence-electron chi connectivity index (χ3n) is 9.39. The third-order valence-corrected chi connectivity index (χ3v) is 9.39. The summed E-state index contributed by atoms with van der Waals surface area (Å²) in [6, 6.07) is 34.9. The smallest absolute Gasteiger partial charge is 0.126 e. The van der Waals surface area contributed by atoms with Crippen molar-refractivity contribution in [3.05, 3.63) is 153 Å². The predicted molar refractivity (Wildman–Crippen MR) is 216 cm³/mol. The molecule has 0 radical (unpaired) electrons. The fourth-order valence-corrected chi connectivity index (χ4v) is 7.02. The van der Waals surface area contributed by atoms with E-state index in [2.05, 4.69) is 137 Å². The van der Waals surface area contributed by atoms with Crippen LogP contribution in [0.3, 0.4) is 0 Å². The van der Waals surface area contributed by atoms with Gasteiger partial charge in [-0.3, -0.25) is 0 Å². The summed E-state index contributed by atoms with van der Waals surface area (Å²) in [6.07, 6.45) is 10.9. The Bertz CT molecular complexity index is 1840. The van der Waals surface area contributed by atoms with E-state index in [0.717, 1.165) is 76.5 Å². The van der Waals surface area contributed by atoms with Crippen molar-refractivity contribution in [2.45, 2.75) is 79.1 Å². The van der Waals surface area contributed by atoms with Crippen molar-refractivity contribution in [2.75, 3.05) is 26.4 Å². The fourth-order valence-electron chi connectivity index (χ4n) is 7.02. The van der Waals surface area contributed by atoms with E-state index in [0.29, 0.717) is 52.1 Å². The van der Waals surface area contributed by atoms with Gasteiger partial charge in [0.2, 0.25) is 0 Å². The molecular formula is C48H54O4. The molecule has 5 aromatic carbocycles. The third kappa shape index (κ3) is 9.09. The first-order valence-electron chi connectivity index (χ1n) is 19.3. The van der Waals surface area contributed by atoms with Crippen LogP contribution < -0.4 is 18.9 Å².